The third-order valence-corrected chi connectivity index (χ3v) is 3.50. The molecule has 6 heteroatoms. The number of amides is 1. The van der Waals surface area contributed by atoms with Gasteiger partial charge in [-0.25, -0.2) is 0 Å². The van der Waals surface area contributed by atoms with Crippen molar-refractivity contribution in [3.05, 3.63) is 52.5 Å². The molecule has 0 aliphatic heterocycles. The highest BCUT2D eigenvalue weighted by Crippen LogP contribution is 2.29. The summed E-state index contributed by atoms with van der Waals surface area (Å²) in [6.45, 7) is 0.244. The van der Waals surface area contributed by atoms with Crippen LogP contribution in [-0.2, 0) is 4.79 Å². The third-order valence-electron chi connectivity index (χ3n) is 2.68. The van der Waals surface area contributed by atoms with Crippen molar-refractivity contribution in [2.45, 2.75) is 6.42 Å². The quantitative estimate of drug-likeness (QED) is 0.817. The van der Waals surface area contributed by atoms with Gasteiger partial charge in [0.2, 0.25) is 5.91 Å². The summed E-state index contributed by atoms with van der Waals surface area (Å²) in [5.74, 6) is 0.423. The fourth-order valence-electron chi connectivity index (χ4n) is 1.68. The highest BCUT2D eigenvalue weighted by molar-refractivity contribution is 6.43. The van der Waals surface area contributed by atoms with Crippen LogP contribution in [0.1, 0.15) is 6.42 Å². The number of halogens is 2. The van der Waals surface area contributed by atoms with Gasteiger partial charge in [-0.2, -0.15) is 0 Å². The van der Waals surface area contributed by atoms with Gasteiger partial charge in [-0.1, -0.05) is 35.3 Å². The molecule has 0 bridgehead atoms. The van der Waals surface area contributed by atoms with Crippen molar-refractivity contribution in [3.63, 3.8) is 0 Å². The molecule has 1 amide bonds. The fraction of sp³-hybridized carbons (Fsp3) is 0.133. The summed E-state index contributed by atoms with van der Waals surface area (Å²) in [5, 5.41) is 3.41. The lowest BCUT2D eigenvalue weighted by Gasteiger charge is -2.09. The molecule has 21 heavy (non-hydrogen) atoms. The number of rotatable bonds is 5. The fourth-order valence-corrected chi connectivity index (χ4v) is 2.03. The van der Waals surface area contributed by atoms with Gasteiger partial charge in [-0.15, -0.1) is 0 Å². The van der Waals surface area contributed by atoms with E-state index in [0.717, 1.165) is 0 Å². The third kappa shape index (κ3) is 4.55. The molecule has 0 aromatic heterocycles. The van der Waals surface area contributed by atoms with Gasteiger partial charge >= 0.3 is 0 Å². The van der Waals surface area contributed by atoms with Crippen molar-refractivity contribution in [3.8, 4) is 5.75 Å². The predicted octanol–water partition coefficient (Wildman–Crippen LogP) is 3.98. The SMILES string of the molecule is Nc1cccc(OCCC(=O)Nc2cccc(Cl)c2Cl)c1. The summed E-state index contributed by atoms with van der Waals surface area (Å²) in [4.78, 5) is 11.8. The molecular weight excluding hydrogens is 311 g/mol. The van der Waals surface area contributed by atoms with Crippen molar-refractivity contribution in [1.29, 1.82) is 0 Å². The Morgan fingerprint density at radius 3 is 2.71 bits per heavy atom. The van der Waals surface area contributed by atoms with Crippen LogP contribution < -0.4 is 15.8 Å². The van der Waals surface area contributed by atoms with Gasteiger partial charge in [0.15, 0.2) is 0 Å². The summed E-state index contributed by atoms with van der Waals surface area (Å²) in [6, 6.07) is 12.1. The van der Waals surface area contributed by atoms with E-state index < -0.39 is 0 Å². The molecule has 0 radical (unpaired) electrons. The first-order chi connectivity index (χ1) is 10.1. The van der Waals surface area contributed by atoms with Gasteiger partial charge in [0.25, 0.3) is 0 Å². The molecule has 3 N–H and O–H groups in total. The number of benzene rings is 2. The van der Waals surface area contributed by atoms with Crippen molar-refractivity contribution < 1.29 is 9.53 Å². The molecule has 4 nitrogen and oxygen atoms in total. The van der Waals surface area contributed by atoms with Gasteiger partial charge in [0.05, 0.1) is 28.8 Å². The van der Waals surface area contributed by atoms with Crippen molar-refractivity contribution in [1.82, 2.24) is 0 Å². The molecule has 0 aliphatic rings. The number of ether oxygens (including phenoxy) is 1. The smallest absolute Gasteiger partial charge is 0.227 e. The molecule has 0 spiro atoms. The number of nitrogen functional groups attached to an aromatic ring is 1. The molecule has 0 saturated carbocycles. The Labute approximate surface area is 132 Å². The van der Waals surface area contributed by atoms with E-state index in [4.69, 9.17) is 33.7 Å². The van der Waals surface area contributed by atoms with Crippen LogP contribution >= 0.6 is 23.2 Å². The lowest BCUT2D eigenvalue weighted by molar-refractivity contribution is -0.116. The zero-order chi connectivity index (χ0) is 15.2. The van der Waals surface area contributed by atoms with Crippen LogP contribution in [-0.4, -0.2) is 12.5 Å². The number of hydrogen-bond donors (Lipinski definition) is 2. The molecular formula is C15H14Cl2N2O2. The van der Waals surface area contributed by atoms with Gasteiger partial charge in [-0.3, -0.25) is 4.79 Å². The van der Waals surface area contributed by atoms with Crippen molar-refractivity contribution in [2.24, 2.45) is 0 Å². The first-order valence-electron chi connectivity index (χ1n) is 6.28. The highest BCUT2D eigenvalue weighted by atomic mass is 35.5. The van der Waals surface area contributed by atoms with E-state index in [1.54, 1.807) is 42.5 Å². The van der Waals surface area contributed by atoms with E-state index in [9.17, 15) is 4.79 Å². The second-order valence-corrected chi connectivity index (χ2v) is 5.11. The Kier molecular flexibility index (Phi) is 5.31. The number of nitrogens with one attached hydrogen (secondary N) is 1. The van der Waals surface area contributed by atoms with E-state index in [-0.39, 0.29) is 18.9 Å². The number of anilines is 2. The van der Waals surface area contributed by atoms with E-state index in [2.05, 4.69) is 5.32 Å². The topological polar surface area (TPSA) is 64.3 Å². The summed E-state index contributed by atoms with van der Waals surface area (Å²) in [5.41, 5.74) is 6.73. The molecule has 2 aromatic carbocycles. The second kappa shape index (κ2) is 7.20. The molecule has 0 atom stereocenters. The number of hydrogen-bond acceptors (Lipinski definition) is 3. The van der Waals surface area contributed by atoms with Crippen LogP contribution in [0.25, 0.3) is 0 Å². The summed E-state index contributed by atoms with van der Waals surface area (Å²) in [7, 11) is 0. The van der Waals surface area contributed by atoms with Crippen LogP contribution in [0.15, 0.2) is 42.5 Å². The van der Waals surface area contributed by atoms with E-state index in [1.165, 1.54) is 0 Å². The normalized spacial score (nSPS) is 10.2. The Morgan fingerprint density at radius 1 is 1.19 bits per heavy atom. The average Bonchev–Trinajstić information content (AvgIpc) is 2.44. The van der Waals surface area contributed by atoms with Crippen molar-refractivity contribution >= 4 is 40.5 Å². The predicted molar refractivity (Wildman–Crippen MR) is 86.1 cm³/mol. The first-order valence-corrected chi connectivity index (χ1v) is 7.04. The molecule has 0 aliphatic carbocycles. The number of nitrogens with two attached hydrogens (primary N) is 1. The second-order valence-electron chi connectivity index (χ2n) is 4.32. The molecule has 2 aromatic rings. The molecule has 0 heterocycles. The number of carbonyl (C=O) groups excluding carboxylic acids is 1. The van der Waals surface area contributed by atoms with Crippen LogP contribution in [0.4, 0.5) is 11.4 Å². The molecule has 0 saturated heterocycles. The molecule has 0 fully saturated rings. The lowest BCUT2D eigenvalue weighted by Crippen LogP contribution is -2.15. The van der Waals surface area contributed by atoms with E-state index in [0.29, 0.717) is 27.2 Å². The monoisotopic (exact) mass is 324 g/mol. The molecule has 2 rings (SSSR count). The maximum Gasteiger partial charge on any atom is 0.227 e. The zero-order valence-electron chi connectivity index (χ0n) is 11.1. The minimum Gasteiger partial charge on any atom is -0.493 e. The van der Waals surface area contributed by atoms with Crippen LogP contribution in [0.3, 0.4) is 0 Å². The largest absolute Gasteiger partial charge is 0.493 e. The Morgan fingerprint density at radius 2 is 1.95 bits per heavy atom. The van der Waals surface area contributed by atoms with Gasteiger partial charge < -0.3 is 15.8 Å². The maximum atomic E-state index is 11.8. The summed E-state index contributed by atoms with van der Waals surface area (Å²) < 4.78 is 5.45. The van der Waals surface area contributed by atoms with Gasteiger partial charge in [0.1, 0.15) is 5.75 Å². The highest BCUT2D eigenvalue weighted by Gasteiger charge is 2.08. The van der Waals surface area contributed by atoms with Crippen LogP contribution in [0.5, 0.6) is 5.75 Å². The van der Waals surface area contributed by atoms with E-state index >= 15 is 0 Å². The Hall–Kier alpha value is -1.91. The zero-order valence-corrected chi connectivity index (χ0v) is 12.6. The van der Waals surface area contributed by atoms with Gasteiger partial charge in [-0.05, 0) is 24.3 Å². The summed E-state index contributed by atoms with van der Waals surface area (Å²) >= 11 is 11.9. The minimum atomic E-state index is -0.205. The molecule has 110 valence electrons. The van der Waals surface area contributed by atoms with Crippen LogP contribution in [0, 0.1) is 0 Å². The summed E-state index contributed by atoms with van der Waals surface area (Å²) in [6.07, 6.45) is 0.192. The van der Waals surface area contributed by atoms with E-state index in [1.807, 2.05) is 0 Å². The van der Waals surface area contributed by atoms with Gasteiger partial charge in [0, 0.05) is 11.8 Å². The van der Waals surface area contributed by atoms with Crippen molar-refractivity contribution in [2.75, 3.05) is 17.7 Å². The number of carbonyl (C=O) groups is 1. The average molecular weight is 325 g/mol. The lowest BCUT2D eigenvalue weighted by atomic mass is 10.3. The molecule has 0 unspecified atom stereocenters. The Balaban J connectivity index is 1.84. The maximum absolute atomic E-state index is 11.8. The van der Waals surface area contributed by atoms with Crippen LogP contribution in [0.2, 0.25) is 10.0 Å². The minimum absolute atomic E-state index is 0.192. The standard InChI is InChI=1S/C15H14Cl2N2O2/c16-12-5-2-6-13(15(12)17)19-14(20)7-8-21-11-4-1-3-10(18)9-11/h1-6,9H,7-8,18H2,(H,19,20). The Bertz CT molecular complexity index is 647. The first kappa shape index (κ1) is 15.5.